The standard InChI is InChI=1S/C12H19N5O/c1-2-3-4-5-6-7-18-11-9-10(15-8-14-9)16-12(13)17-11/h8H,2-7H2,1H3,(H3,13,14,15,16,17). The first-order chi connectivity index (χ1) is 8.81. The summed E-state index contributed by atoms with van der Waals surface area (Å²) in [7, 11) is 0. The molecule has 0 bridgehead atoms. The Morgan fingerprint density at radius 1 is 1.22 bits per heavy atom. The number of nitrogens with two attached hydrogens (primary N) is 1. The fourth-order valence-corrected chi connectivity index (χ4v) is 1.80. The zero-order valence-electron chi connectivity index (χ0n) is 10.6. The van der Waals surface area contributed by atoms with Crippen LogP contribution in [0.3, 0.4) is 0 Å². The fraction of sp³-hybridized carbons (Fsp3) is 0.583. The number of unbranched alkanes of at least 4 members (excludes halogenated alkanes) is 4. The number of hydrogen-bond acceptors (Lipinski definition) is 5. The zero-order valence-corrected chi connectivity index (χ0v) is 10.6. The van der Waals surface area contributed by atoms with Crippen LogP contribution in [0.25, 0.3) is 11.2 Å². The molecule has 0 radical (unpaired) electrons. The van der Waals surface area contributed by atoms with Gasteiger partial charge in [0.1, 0.15) is 5.52 Å². The highest BCUT2D eigenvalue weighted by Crippen LogP contribution is 2.19. The van der Waals surface area contributed by atoms with E-state index in [0.717, 1.165) is 6.42 Å². The van der Waals surface area contributed by atoms with Gasteiger partial charge in [-0.3, -0.25) is 0 Å². The Morgan fingerprint density at radius 3 is 2.89 bits per heavy atom. The maximum atomic E-state index is 5.64. The normalized spacial score (nSPS) is 10.9. The number of fused-ring (bicyclic) bond motifs is 1. The Bertz CT molecular complexity index is 496. The molecule has 0 atom stereocenters. The minimum Gasteiger partial charge on any atom is -0.476 e. The highest BCUT2D eigenvalue weighted by Gasteiger charge is 2.09. The van der Waals surface area contributed by atoms with Crippen molar-refractivity contribution in [3.05, 3.63) is 6.33 Å². The van der Waals surface area contributed by atoms with Crippen molar-refractivity contribution in [2.45, 2.75) is 39.0 Å². The van der Waals surface area contributed by atoms with E-state index in [2.05, 4.69) is 26.9 Å². The Hall–Kier alpha value is -1.85. The molecule has 0 aliphatic rings. The number of anilines is 1. The number of ether oxygens (including phenoxy) is 1. The maximum Gasteiger partial charge on any atom is 0.245 e. The van der Waals surface area contributed by atoms with Crippen molar-refractivity contribution < 1.29 is 4.74 Å². The topological polar surface area (TPSA) is 89.7 Å². The molecule has 98 valence electrons. The summed E-state index contributed by atoms with van der Waals surface area (Å²) in [5.74, 6) is 0.682. The van der Waals surface area contributed by atoms with Crippen molar-refractivity contribution in [3.63, 3.8) is 0 Å². The van der Waals surface area contributed by atoms with Gasteiger partial charge in [-0.05, 0) is 6.42 Å². The third-order valence-corrected chi connectivity index (χ3v) is 2.76. The van der Waals surface area contributed by atoms with E-state index < -0.39 is 0 Å². The van der Waals surface area contributed by atoms with E-state index in [1.807, 2.05) is 0 Å². The second-order valence-electron chi connectivity index (χ2n) is 4.25. The van der Waals surface area contributed by atoms with Gasteiger partial charge in [0.15, 0.2) is 5.65 Å². The molecule has 0 aliphatic heterocycles. The SMILES string of the molecule is CCCCCCCOc1nc(N)nc2nc[nH]c12. The summed E-state index contributed by atoms with van der Waals surface area (Å²) in [6, 6.07) is 0. The van der Waals surface area contributed by atoms with Crippen LogP contribution in [0.15, 0.2) is 6.33 Å². The van der Waals surface area contributed by atoms with Gasteiger partial charge in [-0.2, -0.15) is 9.97 Å². The van der Waals surface area contributed by atoms with Crippen LogP contribution < -0.4 is 10.5 Å². The summed E-state index contributed by atoms with van der Waals surface area (Å²) < 4.78 is 5.64. The van der Waals surface area contributed by atoms with Crippen molar-refractivity contribution >= 4 is 17.1 Å². The van der Waals surface area contributed by atoms with Crippen LogP contribution in [-0.2, 0) is 0 Å². The monoisotopic (exact) mass is 249 g/mol. The molecular weight excluding hydrogens is 230 g/mol. The summed E-state index contributed by atoms with van der Waals surface area (Å²) in [4.78, 5) is 15.1. The molecule has 0 saturated heterocycles. The number of nitrogens with zero attached hydrogens (tertiary/aromatic N) is 3. The summed E-state index contributed by atoms with van der Waals surface area (Å²) >= 11 is 0. The lowest BCUT2D eigenvalue weighted by atomic mass is 10.2. The average Bonchev–Trinajstić information content (AvgIpc) is 2.81. The van der Waals surface area contributed by atoms with Gasteiger partial charge in [0.2, 0.25) is 11.8 Å². The number of H-pyrrole nitrogens is 1. The van der Waals surface area contributed by atoms with Gasteiger partial charge in [-0.25, -0.2) is 4.98 Å². The fourth-order valence-electron chi connectivity index (χ4n) is 1.80. The maximum absolute atomic E-state index is 5.64. The lowest BCUT2D eigenvalue weighted by Gasteiger charge is -2.06. The van der Waals surface area contributed by atoms with Crippen LogP contribution in [0.5, 0.6) is 5.88 Å². The highest BCUT2D eigenvalue weighted by atomic mass is 16.5. The van der Waals surface area contributed by atoms with Gasteiger partial charge in [0.25, 0.3) is 0 Å². The number of imidazole rings is 1. The summed E-state index contributed by atoms with van der Waals surface area (Å²) in [6.07, 6.45) is 7.56. The first kappa shape index (κ1) is 12.6. The first-order valence-electron chi connectivity index (χ1n) is 6.40. The van der Waals surface area contributed by atoms with Gasteiger partial charge in [0.05, 0.1) is 12.9 Å². The molecule has 6 nitrogen and oxygen atoms in total. The van der Waals surface area contributed by atoms with E-state index >= 15 is 0 Å². The number of nitrogen functional groups attached to an aromatic ring is 1. The smallest absolute Gasteiger partial charge is 0.245 e. The largest absolute Gasteiger partial charge is 0.476 e. The van der Waals surface area contributed by atoms with Crippen LogP contribution in [0.1, 0.15) is 39.0 Å². The minimum atomic E-state index is 0.190. The molecule has 3 N–H and O–H groups in total. The average molecular weight is 249 g/mol. The van der Waals surface area contributed by atoms with Crippen molar-refractivity contribution in [2.24, 2.45) is 0 Å². The number of aromatic amines is 1. The Kier molecular flexibility index (Phi) is 4.33. The van der Waals surface area contributed by atoms with Gasteiger partial charge < -0.3 is 15.5 Å². The molecule has 0 fully saturated rings. The number of hydrogen-bond donors (Lipinski definition) is 2. The lowest BCUT2D eigenvalue weighted by molar-refractivity contribution is 0.297. The molecule has 2 rings (SSSR count). The molecule has 0 aliphatic carbocycles. The molecule has 0 saturated carbocycles. The molecule has 0 unspecified atom stereocenters. The molecule has 18 heavy (non-hydrogen) atoms. The predicted molar refractivity (Wildman–Crippen MR) is 70.4 cm³/mol. The molecule has 6 heteroatoms. The molecule has 0 amide bonds. The predicted octanol–water partition coefficient (Wildman–Crippen LogP) is 2.28. The molecule has 0 spiro atoms. The first-order valence-corrected chi connectivity index (χ1v) is 6.40. The van der Waals surface area contributed by atoms with E-state index in [4.69, 9.17) is 10.5 Å². The third-order valence-electron chi connectivity index (χ3n) is 2.76. The summed E-state index contributed by atoms with van der Waals surface area (Å²) in [5.41, 5.74) is 6.85. The van der Waals surface area contributed by atoms with E-state index in [0.29, 0.717) is 23.7 Å². The van der Waals surface area contributed by atoms with Crippen molar-refractivity contribution in [1.29, 1.82) is 0 Å². The van der Waals surface area contributed by atoms with E-state index in [1.165, 1.54) is 25.7 Å². The molecule has 2 aromatic rings. The highest BCUT2D eigenvalue weighted by molar-refractivity contribution is 5.76. The Labute approximate surface area is 106 Å². The quantitative estimate of drug-likeness (QED) is 0.735. The second-order valence-corrected chi connectivity index (χ2v) is 4.25. The van der Waals surface area contributed by atoms with Crippen molar-refractivity contribution in [2.75, 3.05) is 12.3 Å². The van der Waals surface area contributed by atoms with E-state index in [1.54, 1.807) is 6.33 Å². The Balaban J connectivity index is 1.89. The Morgan fingerprint density at radius 2 is 2.06 bits per heavy atom. The van der Waals surface area contributed by atoms with Crippen LogP contribution in [0.2, 0.25) is 0 Å². The lowest BCUT2D eigenvalue weighted by Crippen LogP contribution is -2.03. The third kappa shape index (κ3) is 3.09. The van der Waals surface area contributed by atoms with Gasteiger partial charge in [0, 0.05) is 0 Å². The zero-order chi connectivity index (χ0) is 12.8. The van der Waals surface area contributed by atoms with Crippen LogP contribution in [0, 0.1) is 0 Å². The van der Waals surface area contributed by atoms with Crippen molar-refractivity contribution in [1.82, 2.24) is 19.9 Å². The number of nitrogens with one attached hydrogen (secondary N) is 1. The second kappa shape index (κ2) is 6.18. The summed E-state index contributed by atoms with van der Waals surface area (Å²) in [6.45, 7) is 2.85. The molecular formula is C12H19N5O. The number of aromatic nitrogens is 4. The molecule has 2 aromatic heterocycles. The van der Waals surface area contributed by atoms with Crippen LogP contribution in [0.4, 0.5) is 5.95 Å². The van der Waals surface area contributed by atoms with Crippen LogP contribution >= 0.6 is 0 Å². The summed E-state index contributed by atoms with van der Waals surface area (Å²) in [5, 5.41) is 0. The van der Waals surface area contributed by atoms with Crippen LogP contribution in [-0.4, -0.2) is 26.5 Å². The molecule has 0 aromatic carbocycles. The van der Waals surface area contributed by atoms with Gasteiger partial charge in [-0.1, -0.05) is 32.6 Å². The van der Waals surface area contributed by atoms with Crippen molar-refractivity contribution in [3.8, 4) is 5.88 Å². The molecule has 2 heterocycles. The minimum absolute atomic E-state index is 0.190. The van der Waals surface area contributed by atoms with E-state index in [9.17, 15) is 0 Å². The number of rotatable bonds is 7. The van der Waals surface area contributed by atoms with Gasteiger partial charge in [-0.15, -0.1) is 0 Å². The van der Waals surface area contributed by atoms with Gasteiger partial charge >= 0.3 is 0 Å². The van der Waals surface area contributed by atoms with E-state index in [-0.39, 0.29) is 5.95 Å².